The van der Waals surface area contributed by atoms with Crippen molar-refractivity contribution in [1.29, 1.82) is 0 Å². The van der Waals surface area contributed by atoms with E-state index in [0.717, 1.165) is 23.7 Å². The normalized spacial score (nSPS) is 27.4. The molecule has 2 rings (SSSR count). The molecule has 0 aromatic carbocycles. The summed E-state index contributed by atoms with van der Waals surface area (Å²) in [5.41, 5.74) is 1.04. The van der Waals surface area contributed by atoms with Crippen molar-refractivity contribution in [3.8, 4) is 0 Å². The van der Waals surface area contributed by atoms with E-state index in [-0.39, 0.29) is 0 Å². The van der Waals surface area contributed by atoms with Gasteiger partial charge in [-0.3, -0.25) is 4.90 Å². The number of aryl methyl sites for hydroxylation is 1. The highest BCUT2D eigenvalue weighted by molar-refractivity contribution is 7.09. The van der Waals surface area contributed by atoms with E-state index in [1.165, 1.54) is 0 Å². The van der Waals surface area contributed by atoms with Crippen LogP contribution in [0.1, 0.15) is 17.6 Å². The van der Waals surface area contributed by atoms with Crippen molar-refractivity contribution in [3.63, 3.8) is 0 Å². The first-order valence-electron chi connectivity index (χ1n) is 5.20. The second-order valence-corrected chi connectivity index (χ2v) is 4.86. The van der Waals surface area contributed by atoms with E-state index < -0.39 is 12.2 Å². The number of β-amino-alcohol motifs (C(OH)–C–C–N with tert-alkyl or cyclic N) is 2. The van der Waals surface area contributed by atoms with Gasteiger partial charge in [-0.25, -0.2) is 4.98 Å². The summed E-state index contributed by atoms with van der Waals surface area (Å²) < 4.78 is 0. The molecule has 4 nitrogen and oxygen atoms in total. The smallest absolute Gasteiger partial charge is 0.0938 e. The lowest BCUT2D eigenvalue weighted by Gasteiger charge is -2.12. The van der Waals surface area contributed by atoms with Crippen LogP contribution in [0.15, 0.2) is 5.38 Å². The Morgan fingerprint density at radius 3 is 2.67 bits per heavy atom. The molecule has 2 heterocycles. The van der Waals surface area contributed by atoms with Gasteiger partial charge in [-0.1, -0.05) is 6.92 Å². The van der Waals surface area contributed by atoms with Crippen LogP contribution in [-0.4, -0.2) is 45.4 Å². The molecular formula is C10H16N2O2S. The summed E-state index contributed by atoms with van der Waals surface area (Å²) >= 11 is 1.67. The molecule has 0 bridgehead atoms. The molecule has 0 amide bonds. The Labute approximate surface area is 93.2 Å². The molecule has 0 aliphatic carbocycles. The van der Waals surface area contributed by atoms with Gasteiger partial charge in [0, 0.05) is 25.0 Å². The average Bonchev–Trinajstić information content (AvgIpc) is 2.76. The Morgan fingerprint density at radius 2 is 2.13 bits per heavy atom. The highest BCUT2D eigenvalue weighted by Gasteiger charge is 2.29. The van der Waals surface area contributed by atoms with Crippen LogP contribution in [0.4, 0.5) is 0 Å². The van der Waals surface area contributed by atoms with E-state index in [4.69, 9.17) is 0 Å². The summed E-state index contributed by atoms with van der Waals surface area (Å²) in [5, 5.41) is 22.0. The van der Waals surface area contributed by atoms with Crippen LogP contribution in [-0.2, 0) is 13.0 Å². The Hall–Kier alpha value is -0.490. The maximum atomic E-state index is 9.39. The van der Waals surface area contributed by atoms with E-state index in [2.05, 4.69) is 17.3 Å². The number of hydrogen-bond acceptors (Lipinski definition) is 5. The molecule has 0 saturated carbocycles. The molecule has 15 heavy (non-hydrogen) atoms. The molecule has 84 valence electrons. The molecule has 2 atom stereocenters. The van der Waals surface area contributed by atoms with E-state index in [1.54, 1.807) is 11.3 Å². The predicted octanol–water partition coefficient (Wildman–Crippen LogP) is 0.243. The van der Waals surface area contributed by atoms with Crippen molar-refractivity contribution in [1.82, 2.24) is 9.88 Å². The molecule has 1 aromatic rings. The number of hydrogen-bond donors (Lipinski definition) is 2. The summed E-state index contributed by atoms with van der Waals surface area (Å²) in [6.07, 6.45) is -0.237. The largest absolute Gasteiger partial charge is 0.389 e. The Morgan fingerprint density at radius 1 is 1.47 bits per heavy atom. The zero-order valence-electron chi connectivity index (χ0n) is 8.76. The summed E-state index contributed by atoms with van der Waals surface area (Å²) in [6.45, 7) is 3.90. The highest BCUT2D eigenvalue weighted by Crippen LogP contribution is 2.16. The van der Waals surface area contributed by atoms with Crippen molar-refractivity contribution in [2.45, 2.75) is 32.1 Å². The summed E-state index contributed by atoms with van der Waals surface area (Å²) in [4.78, 5) is 6.49. The first kappa shape index (κ1) is 11.0. The second-order valence-electron chi connectivity index (χ2n) is 3.91. The van der Waals surface area contributed by atoms with Crippen LogP contribution in [0.3, 0.4) is 0 Å². The van der Waals surface area contributed by atoms with E-state index >= 15 is 0 Å². The van der Waals surface area contributed by atoms with Crippen LogP contribution >= 0.6 is 11.3 Å². The monoisotopic (exact) mass is 228 g/mol. The average molecular weight is 228 g/mol. The SMILES string of the molecule is CCc1nc(CN2CC(O)C(O)C2)cs1. The quantitative estimate of drug-likeness (QED) is 0.778. The van der Waals surface area contributed by atoms with Gasteiger partial charge in [0.2, 0.25) is 0 Å². The first-order chi connectivity index (χ1) is 7.19. The minimum absolute atomic E-state index is 0.542. The third kappa shape index (κ3) is 2.55. The molecule has 5 heteroatoms. The van der Waals surface area contributed by atoms with Gasteiger partial charge in [0.15, 0.2) is 0 Å². The maximum Gasteiger partial charge on any atom is 0.0938 e. The predicted molar refractivity (Wildman–Crippen MR) is 58.8 cm³/mol. The van der Waals surface area contributed by atoms with Gasteiger partial charge in [0.05, 0.1) is 22.9 Å². The Balaban J connectivity index is 1.92. The highest BCUT2D eigenvalue weighted by atomic mass is 32.1. The number of aromatic nitrogens is 1. The molecule has 1 aliphatic rings. The van der Waals surface area contributed by atoms with Crippen LogP contribution in [0.2, 0.25) is 0 Å². The lowest BCUT2D eigenvalue weighted by Crippen LogP contribution is -2.22. The van der Waals surface area contributed by atoms with Crippen molar-refractivity contribution in [3.05, 3.63) is 16.1 Å². The van der Waals surface area contributed by atoms with Crippen molar-refractivity contribution >= 4 is 11.3 Å². The van der Waals surface area contributed by atoms with E-state index in [9.17, 15) is 10.2 Å². The fourth-order valence-electron chi connectivity index (χ4n) is 1.79. The molecule has 0 radical (unpaired) electrons. The third-order valence-corrected chi connectivity index (χ3v) is 3.66. The molecule has 2 N–H and O–H groups in total. The van der Waals surface area contributed by atoms with Crippen LogP contribution in [0, 0.1) is 0 Å². The minimum Gasteiger partial charge on any atom is -0.389 e. The van der Waals surface area contributed by atoms with Crippen molar-refractivity contribution in [2.75, 3.05) is 13.1 Å². The fourth-order valence-corrected chi connectivity index (χ4v) is 2.53. The topological polar surface area (TPSA) is 56.6 Å². The number of aliphatic hydroxyl groups is 2. The van der Waals surface area contributed by atoms with E-state index in [1.807, 2.05) is 4.90 Å². The van der Waals surface area contributed by atoms with Gasteiger partial charge in [-0.2, -0.15) is 0 Å². The van der Waals surface area contributed by atoms with Crippen molar-refractivity contribution < 1.29 is 10.2 Å². The fraction of sp³-hybridized carbons (Fsp3) is 0.700. The van der Waals surface area contributed by atoms with E-state index in [0.29, 0.717) is 13.1 Å². The van der Waals surface area contributed by atoms with Gasteiger partial charge in [0.25, 0.3) is 0 Å². The second kappa shape index (κ2) is 4.57. The van der Waals surface area contributed by atoms with Gasteiger partial charge in [-0.05, 0) is 6.42 Å². The molecule has 1 aromatic heterocycles. The van der Waals surface area contributed by atoms with Gasteiger partial charge in [0.1, 0.15) is 0 Å². The summed E-state index contributed by atoms with van der Waals surface area (Å²) in [5.74, 6) is 0. The maximum absolute atomic E-state index is 9.39. The Bertz CT molecular complexity index is 319. The molecule has 2 unspecified atom stereocenters. The van der Waals surface area contributed by atoms with Crippen LogP contribution < -0.4 is 0 Å². The molecule has 1 fully saturated rings. The Kier molecular flexibility index (Phi) is 3.35. The minimum atomic E-state index is -0.603. The molecule has 1 aliphatic heterocycles. The summed E-state index contributed by atoms with van der Waals surface area (Å²) in [6, 6.07) is 0. The number of nitrogens with zero attached hydrogens (tertiary/aromatic N) is 2. The van der Waals surface area contributed by atoms with Crippen LogP contribution in [0.25, 0.3) is 0 Å². The zero-order chi connectivity index (χ0) is 10.8. The number of thiazole rings is 1. The van der Waals surface area contributed by atoms with Crippen molar-refractivity contribution in [2.24, 2.45) is 0 Å². The van der Waals surface area contributed by atoms with Gasteiger partial charge >= 0.3 is 0 Å². The first-order valence-corrected chi connectivity index (χ1v) is 6.08. The van der Waals surface area contributed by atoms with Gasteiger partial charge in [-0.15, -0.1) is 11.3 Å². The third-order valence-electron chi connectivity index (χ3n) is 2.62. The molecule has 0 spiro atoms. The number of likely N-dealkylation sites (tertiary alicyclic amines) is 1. The molecule has 1 saturated heterocycles. The zero-order valence-corrected chi connectivity index (χ0v) is 9.57. The molecular weight excluding hydrogens is 212 g/mol. The number of aliphatic hydroxyl groups excluding tert-OH is 2. The lowest BCUT2D eigenvalue weighted by molar-refractivity contribution is 0.0572. The number of rotatable bonds is 3. The van der Waals surface area contributed by atoms with Gasteiger partial charge < -0.3 is 10.2 Å². The lowest BCUT2D eigenvalue weighted by atomic mass is 10.3. The summed E-state index contributed by atoms with van der Waals surface area (Å²) in [7, 11) is 0. The standard InChI is InChI=1S/C10H16N2O2S/c1-2-10-11-7(6-15-10)3-12-4-8(13)9(14)5-12/h6,8-9,13-14H,2-5H2,1H3. The van der Waals surface area contributed by atoms with Crippen LogP contribution in [0.5, 0.6) is 0 Å².